The van der Waals surface area contributed by atoms with E-state index in [-0.39, 0.29) is 12.0 Å². The van der Waals surface area contributed by atoms with Crippen molar-refractivity contribution < 1.29 is 9.53 Å². The monoisotopic (exact) mass is 396 g/mol. The van der Waals surface area contributed by atoms with Crippen LogP contribution in [0.3, 0.4) is 0 Å². The summed E-state index contributed by atoms with van der Waals surface area (Å²) in [7, 11) is 0. The fourth-order valence-corrected chi connectivity index (χ4v) is 4.33. The van der Waals surface area contributed by atoms with Gasteiger partial charge in [-0.3, -0.25) is 14.4 Å². The summed E-state index contributed by atoms with van der Waals surface area (Å²) in [6.07, 6.45) is 6.54. The number of aryl methyl sites for hydroxylation is 1. The second-order valence-electron chi connectivity index (χ2n) is 8.15. The average Bonchev–Trinajstić information content (AvgIpc) is 3.25. The van der Waals surface area contributed by atoms with Crippen LogP contribution in [0.1, 0.15) is 48.7 Å². The Morgan fingerprint density at radius 3 is 2.28 bits per heavy atom. The molecule has 2 aromatic rings. The fourth-order valence-electron chi connectivity index (χ4n) is 4.33. The van der Waals surface area contributed by atoms with E-state index < -0.39 is 0 Å². The summed E-state index contributed by atoms with van der Waals surface area (Å²) in [5.74, 6) is 0.0462. The molecule has 1 aromatic heterocycles. The molecule has 2 aliphatic heterocycles. The zero-order valence-electron chi connectivity index (χ0n) is 17.4. The minimum absolute atomic E-state index is 0.0462. The Kier molecular flexibility index (Phi) is 6.62. The SMILES string of the molecule is CCn1ccc(C(=O)N2CCC(OC3CCN(Cc4ccccc4)CC3)CC2)n1. The quantitative estimate of drug-likeness (QED) is 0.753. The van der Waals surface area contributed by atoms with Crippen LogP contribution in [0.4, 0.5) is 0 Å². The molecule has 0 spiro atoms. The van der Waals surface area contributed by atoms with Crippen molar-refractivity contribution in [3.05, 3.63) is 53.9 Å². The molecule has 0 atom stereocenters. The molecule has 0 aliphatic carbocycles. The lowest BCUT2D eigenvalue weighted by Gasteiger charge is -2.37. The van der Waals surface area contributed by atoms with Crippen LogP contribution in [0.5, 0.6) is 0 Å². The maximum Gasteiger partial charge on any atom is 0.274 e. The number of rotatable bonds is 6. The topological polar surface area (TPSA) is 50.6 Å². The van der Waals surface area contributed by atoms with E-state index in [1.54, 1.807) is 4.68 Å². The summed E-state index contributed by atoms with van der Waals surface area (Å²) < 4.78 is 8.20. The van der Waals surface area contributed by atoms with E-state index in [0.717, 1.165) is 65.0 Å². The van der Waals surface area contributed by atoms with Crippen LogP contribution in [0.25, 0.3) is 0 Å². The van der Waals surface area contributed by atoms with Crippen molar-refractivity contribution in [2.24, 2.45) is 0 Å². The molecule has 0 saturated carbocycles. The molecule has 6 nitrogen and oxygen atoms in total. The highest BCUT2D eigenvalue weighted by molar-refractivity contribution is 5.92. The van der Waals surface area contributed by atoms with Gasteiger partial charge in [0.25, 0.3) is 5.91 Å². The number of carbonyl (C=O) groups is 1. The van der Waals surface area contributed by atoms with Crippen LogP contribution >= 0.6 is 0 Å². The van der Waals surface area contributed by atoms with Crippen molar-refractivity contribution in [3.8, 4) is 0 Å². The molecular formula is C23H32N4O2. The molecule has 1 amide bonds. The number of hydrogen-bond acceptors (Lipinski definition) is 4. The van der Waals surface area contributed by atoms with Crippen LogP contribution in [0.15, 0.2) is 42.6 Å². The highest BCUT2D eigenvalue weighted by Crippen LogP contribution is 2.22. The molecule has 0 bridgehead atoms. The number of nitrogens with zero attached hydrogens (tertiary/aromatic N) is 4. The van der Waals surface area contributed by atoms with Gasteiger partial charge in [-0.15, -0.1) is 0 Å². The van der Waals surface area contributed by atoms with Gasteiger partial charge in [-0.25, -0.2) is 0 Å². The van der Waals surface area contributed by atoms with E-state index in [0.29, 0.717) is 11.8 Å². The maximum absolute atomic E-state index is 12.6. The summed E-state index contributed by atoms with van der Waals surface area (Å²) in [5, 5.41) is 4.34. The van der Waals surface area contributed by atoms with Crippen LogP contribution in [0, 0.1) is 0 Å². The van der Waals surface area contributed by atoms with Crippen LogP contribution < -0.4 is 0 Å². The van der Waals surface area contributed by atoms with Crippen molar-refractivity contribution in [2.45, 2.75) is 57.9 Å². The van der Waals surface area contributed by atoms with Crippen LogP contribution in [-0.4, -0.2) is 63.9 Å². The van der Waals surface area contributed by atoms with Gasteiger partial charge in [0.05, 0.1) is 12.2 Å². The predicted molar refractivity (Wildman–Crippen MR) is 113 cm³/mol. The van der Waals surface area contributed by atoms with Gasteiger partial charge >= 0.3 is 0 Å². The lowest BCUT2D eigenvalue weighted by Crippen LogP contribution is -2.43. The smallest absolute Gasteiger partial charge is 0.274 e. The number of hydrogen-bond donors (Lipinski definition) is 0. The molecule has 29 heavy (non-hydrogen) atoms. The number of ether oxygens (including phenoxy) is 1. The van der Waals surface area contributed by atoms with E-state index in [1.807, 2.05) is 24.1 Å². The average molecular weight is 397 g/mol. The summed E-state index contributed by atoms with van der Waals surface area (Å²) in [4.78, 5) is 17.1. The second-order valence-corrected chi connectivity index (χ2v) is 8.15. The Balaban J connectivity index is 1.18. The van der Waals surface area contributed by atoms with Crippen molar-refractivity contribution in [3.63, 3.8) is 0 Å². The Morgan fingerprint density at radius 2 is 1.66 bits per heavy atom. The van der Waals surface area contributed by atoms with Crippen molar-refractivity contribution in [1.29, 1.82) is 0 Å². The molecule has 6 heteroatoms. The van der Waals surface area contributed by atoms with Gasteiger partial charge in [0.15, 0.2) is 0 Å². The first kappa shape index (κ1) is 20.1. The largest absolute Gasteiger partial charge is 0.375 e. The van der Waals surface area contributed by atoms with E-state index in [9.17, 15) is 4.79 Å². The Hall–Kier alpha value is -2.18. The molecule has 0 unspecified atom stereocenters. The molecule has 156 valence electrons. The lowest BCUT2D eigenvalue weighted by atomic mass is 10.0. The Bertz CT molecular complexity index is 775. The Morgan fingerprint density at radius 1 is 1.00 bits per heavy atom. The summed E-state index contributed by atoms with van der Waals surface area (Å²) >= 11 is 0. The van der Waals surface area contributed by atoms with Gasteiger partial charge in [0.2, 0.25) is 0 Å². The minimum atomic E-state index is 0.0462. The first-order chi connectivity index (χ1) is 14.2. The van der Waals surface area contributed by atoms with E-state index in [4.69, 9.17) is 4.74 Å². The van der Waals surface area contributed by atoms with E-state index in [2.05, 4.69) is 40.3 Å². The normalized spacial score (nSPS) is 19.6. The third kappa shape index (κ3) is 5.25. The number of likely N-dealkylation sites (tertiary alicyclic amines) is 2. The van der Waals surface area contributed by atoms with Crippen molar-refractivity contribution in [2.75, 3.05) is 26.2 Å². The second kappa shape index (κ2) is 9.55. The number of amides is 1. The molecule has 2 aliphatic rings. The van der Waals surface area contributed by atoms with Gasteiger partial charge < -0.3 is 9.64 Å². The molecule has 1 aromatic carbocycles. The molecule has 0 radical (unpaired) electrons. The molecule has 3 heterocycles. The van der Waals surface area contributed by atoms with Gasteiger partial charge in [0, 0.05) is 45.5 Å². The number of benzene rings is 1. The zero-order valence-corrected chi connectivity index (χ0v) is 17.4. The first-order valence-electron chi connectivity index (χ1n) is 11.0. The van der Waals surface area contributed by atoms with Gasteiger partial charge in [-0.1, -0.05) is 30.3 Å². The predicted octanol–water partition coefficient (Wildman–Crippen LogP) is 3.19. The molecule has 4 rings (SSSR count). The van der Waals surface area contributed by atoms with Crippen LogP contribution in [-0.2, 0) is 17.8 Å². The third-order valence-corrected chi connectivity index (χ3v) is 6.08. The molecule has 0 N–H and O–H groups in total. The summed E-state index contributed by atoms with van der Waals surface area (Å²) in [6.45, 7) is 7.55. The molecule has 2 fully saturated rings. The zero-order chi connectivity index (χ0) is 20.1. The molecule has 2 saturated heterocycles. The fraction of sp³-hybridized carbons (Fsp3) is 0.565. The summed E-state index contributed by atoms with van der Waals surface area (Å²) in [5.41, 5.74) is 1.93. The van der Waals surface area contributed by atoms with E-state index in [1.165, 1.54) is 5.56 Å². The number of carbonyl (C=O) groups excluding carboxylic acids is 1. The highest BCUT2D eigenvalue weighted by atomic mass is 16.5. The molecular weight excluding hydrogens is 364 g/mol. The van der Waals surface area contributed by atoms with Gasteiger partial charge in [-0.05, 0) is 44.2 Å². The Labute approximate surface area is 173 Å². The van der Waals surface area contributed by atoms with E-state index >= 15 is 0 Å². The number of aromatic nitrogens is 2. The van der Waals surface area contributed by atoms with Crippen molar-refractivity contribution in [1.82, 2.24) is 19.6 Å². The maximum atomic E-state index is 12.6. The van der Waals surface area contributed by atoms with Gasteiger partial charge in [0.1, 0.15) is 5.69 Å². The lowest BCUT2D eigenvalue weighted by molar-refractivity contribution is -0.0629. The third-order valence-electron chi connectivity index (χ3n) is 6.08. The standard InChI is InChI=1S/C23H32N4O2/c1-2-27-17-12-22(24-27)23(28)26-15-10-21(11-16-26)29-20-8-13-25(14-9-20)18-19-6-4-3-5-7-19/h3-7,12,17,20-21H,2,8-11,13-16,18H2,1H3. The minimum Gasteiger partial charge on any atom is -0.375 e. The van der Waals surface area contributed by atoms with Crippen molar-refractivity contribution >= 4 is 5.91 Å². The van der Waals surface area contributed by atoms with Gasteiger partial charge in [-0.2, -0.15) is 5.10 Å². The summed E-state index contributed by atoms with van der Waals surface area (Å²) in [6, 6.07) is 12.5. The van der Waals surface area contributed by atoms with Crippen LogP contribution in [0.2, 0.25) is 0 Å². The highest BCUT2D eigenvalue weighted by Gasteiger charge is 2.28. The number of piperidine rings is 2. The first-order valence-corrected chi connectivity index (χ1v) is 11.0.